The largest absolute Gasteiger partial charge is 0.458 e. The summed E-state index contributed by atoms with van der Waals surface area (Å²) in [5.41, 5.74) is 3.72. The highest BCUT2D eigenvalue weighted by atomic mass is 32.2. The van der Waals surface area contributed by atoms with Gasteiger partial charge in [-0.05, 0) is 36.0 Å². The van der Waals surface area contributed by atoms with E-state index in [4.69, 9.17) is 4.74 Å². The van der Waals surface area contributed by atoms with Crippen molar-refractivity contribution < 1.29 is 13.7 Å². The molecule has 0 aliphatic carbocycles. The first-order valence-electron chi connectivity index (χ1n) is 11.7. The molecule has 3 aromatic carbocycles. The molecule has 0 amide bonds. The Kier molecular flexibility index (Phi) is 8.95. The fourth-order valence-corrected chi connectivity index (χ4v) is 5.31. The molecule has 0 radical (unpaired) electrons. The maximum Gasteiger partial charge on any atom is 0.318 e. The second-order valence-corrected chi connectivity index (χ2v) is 9.82. The van der Waals surface area contributed by atoms with Crippen LogP contribution in [0.3, 0.4) is 0 Å². The second-order valence-electron chi connectivity index (χ2n) is 8.30. The van der Waals surface area contributed by atoms with Crippen molar-refractivity contribution in [2.24, 2.45) is 0 Å². The topological polar surface area (TPSA) is 74.1 Å². The monoisotopic (exact) mass is 487 g/mol. The van der Waals surface area contributed by atoms with Crippen molar-refractivity contribution >= 4 is 16.8 Å². The molecule has 0 spiro atoms. The number of carbonyl (C=O) groups excluding carboxylic acids is 1. The fourth-order valence-electron chi connectivity index (χ4n) is 3.91. The van der Waals surface area contributed by atoms with Crippen LogP contribution in [0.5, 0.6) is 0 Å². The number of aryl methyl sites for hydroxylation is 2. The molecule has 1 heterocycles. The minimum atomic E-state index is -1.48. The Morgan fingerprint density at radius 3 is 2.09 bits per heavy atom. The van der Waals surface area contributed by atoms with Gasteiger partial charge in [-0.15, -0.1) is 5.10 Å². The molecule has 35 heavy (non-hydrogen) atoms. The van der Waals surface area contributed by atoms with Crippen LogP contribution in [-0.4, -0.2) is 30.9 Å². The Labute approximate surface area is 208 Å². The Bertz CT molecular complexity index is 1170. The van der Waals surface area contributed by atoms with Crippen LogP contribution in [0.4, 0.5) is 0 Å². The zero-order valence-electron chi connectivity index (χ0n) is 19.5. The number of unbranched alkanes of at least 4 members (excludes halogenated alkanes) is 1. The molecule has 4 aromatic rings. The molecule has 0 N–H and O–H groups in total. The number of hydrogen-bond donors (Lipinski definition) is 0. The highest BCUT2D eigenvalue weighted by molar-refractivity contribution is 7.86. The molecule has 1 atom stereocenters. The van der Waals surface area contributed by atoms with Gasteiger partial charge in [-0.2, -0.15) is 0 Å². The molecule has 7 heteroatoms. The van der Waals surface area contributed by atoms with Crippen molar-refractivity contribution in [1.82, 2.24) is 15.0 Å². The predicted octanol–water partition coefficient (Wildman–Crippen LogP) is 4.88. The van der Waals surface area contributed by atoms with Gasteiger partial charge in [0.05, 0.1) is 11.4 Å². The second kappa shape index (κ2) is 12.8. The normalized spacial score (nSPS) is 11.9. The van der Waals surface area contributed by atoms with E-state index in [0.29, 0.717) is 5.69 Å². The van der Waals surface area contributed by atoms with Crippen LogP contribution in [0.15, 0.2) is 97.2 Å². The van der Waals surface area contributed by atoms with Crippen molar-refractivity contribution in [2.45, 2.75) is 37.7 Å². The third kappa shape index (κ3) is 7.45. The first kappa shape index (κ1) is 24.5. The summed E-state index contributed by atoms with van der Waals surface area (Å²) in [4.78, 5) is 12.5. The first-order chi connectivity index (χ1) is 17.2. The molecule has 0 saturated carbocycles. The van der Waals surface area contributed by atoms with Crippen molar-refractivity contribution in [2.75, 3.05) is 5.75 Å². The van der Waals surface area contributed by atoms with Crippen LogP contribution in [0.1, 0.15) is 40.5 Å². The fraction of sp³-hybridized carbons (Fsp3) is 0.250. The van der Waals surface area contributed by atoms with E-state index in [0.717, 1.165) is 36.9 Å². The van der Waals surface area contributed by atoms with Gasteiger partial charge in [0.25, 0.3) is 0 Å². The van der Waals surface area contributed by atoms with Crippen LogP contribution < -0.4 is 0 Å². The molecular formula is C28H29N3O3S. The van der Waals surface area contributed by atoms with Crippen LogP contribution in [-0.2, 0) is 39.9 Å². The van der Waals surface area contributed by atoms with E-state index in [1.807, 2.05) is 66.7 Å². The Morgan fingerprint density at radius 1 is 0.857 bits per heavy atom. The highest BCUT2D eigenvalue weighted by Crippen LogP contribution is 2.28. The van der Waals surface area contributed by atoms with Crippen LogP contribution in [0.25, 0.3) is 0 Å². The molecule has 4 rings (SSSR count). The SMILES string of the molecule is O=C(CS(=O)C(c1ccccc1)c1ccccc1)OCc1cn(CCCCc2ccccc2)nn1. The number of nitrogens with zero attached hydrogens (tertiary/aromatic N) is 3. The summed E-state index contributed by atoms with van der Waals surface area (Å²) in [5.74, 6) is -0.708. The lowest BCUT2D eigenvalue weighted by molar-refractivity contribution is -0.141. The number of benzene rings is 3. The van der Waals surface area contributed by atoms with E-state index in [9.17, 15) is 9.00 Å². The molecule has 6 nitrogen and oxygen atoms in total. The van der Waals surface area contributed by atoms with Gasteiger partial charge in [-0.3, -0.25) is 13.7 Å². The minimum absolute atomic E-state index is 0.0153. The van der Waals surface area contributed by atoms with E-state index < -0.39 is 22.0 Å². The first-order valence-corrected chi connectivity index (χ1v) is 13.1. The van der Waals surface area contributed by atoms with Crippen molar-refractivity contribution in [3.8, 4) is 0 Å². The number of ether oxygens (including phenoxy) is 1. The number of rotatable bonds is 12. The molecule has 0 fully saturated rings. The number of carbonyl (C=O) groups is 1. The van der Waals surface area contributed by atoms with Gasteiger partial charge in [0.2, 0.25) is 0 Å². The Hall–Kier alpha value is -3.58. The number of esters is 1. The summed E-state index contributed by atoms with van der Waals surface area (Å²) in [6.45, 7) is 0.773. The van der Waals surface area contributed by atoms with Gasteiger partial charge in [0.1, 0.15) is 18.1 Å². The van der Waals surface area contributed by atoms with Crippen molar-refractivity contribution in [3.05, 3.63) is 120 Å². The van der Waals surface area contributed by atoms with Gasteiger partial charge in [-0.25, -0.2) is 0 Å². The Balaban J connectivity index is 1.25. The molecule has 1 unspecified atom stereocenters. The van der Waals surface area contributed by atoms with Gasteiger partial charge < -0.3 is 4.74 Å². The minimum Gasteiger partial charge on any atom is -0.458 e. The molecule has 0 aliphatic heterocycles. The summed E-state index contributed by atoms with van der Waals surface area (Å²) in [5, 5.41) is 7.82. The number of hydrogen-bond acceptors (Lipinski definition) is 5. The summed E-state index contributed by atoms with van der Waals surface area (Å²) in [7, 11) is -1.48. The van der Waals surface area contributed by atoms with E-state index >= 15 is 0 Å². The average Bonchev–Trinajstić information content (AvgIpc) is 3.35. The summed E-state index contributed by atoms with van der Waals surface area (Å²) in [6, 6.07) is 29.6. The predicted molar refractivity (Wildman–Crippen MR) is 137 cm³/mol. The van der Waals surface area contributed by atoms with Crippen LogP contribution in [0.2, 0.25) is 0 Å². The zero-order valence-corrected chi connectivity index (χ0v) is 20.3. The smallest absolute Gasteiger partial charge is 0.318 e. The lowest BCUT2D eigenvalue weighted by Gasteiger charge is -2.17. The summed E-state index contributed by atoms with van der Waals surface area (Å²) < 4.78 is 20.3. The third-order valence-corrected chi connectivity index (χ3v) is 7.23. The molecule has 180 valence electrons. The van der Waals surface area contributed by atoms with Crippen LogP contribution >= 0.6 is 0 Å². The van der Waals surface area contributed by atoms with Gasteiger partial charge in [0.15, 0.2) is 0 Å². The maximum absolute atomic E-state index is 13.2. The summed E-state index contributed by atoms with van der Waals surface area (Å²) >= 11 is 0. The van der Waals surface area contributed by atoms with E-state index in [1.54, 1.807) is 10.9 Å². The van der Waals surface area contributed by atoms with Gasteiger partial charge >= 0.3 is 5.97 Å². The van der Waals surface area contributed by atoms with Gasteiger partial charge in [0, 0.05) is 17.3 Å². The zero-order chi connectivity index (χ0) is 24.3. The van der Waals surface area contributed by atoms with E-state index in [2.05, 4.69) is 34.6 Å². The quantitative estimate of drug-likeness (QED) is 0.210. The van der Waals surface area contributed by atoms with Crippen LogP contribution in [0, 0.1) is 0 Å². The van der Waals surface area contributed by atoms with E-state index in [1.165, 1.54) is 5.56 Å². The lowest BCUT2D eigenvalue weighted by Crippen LogP contribution is -2.19. The third-order valence-electron chi connectivity index (χ3n) is 5.64. The standard InChI is InChI=1S/C28H29N3O3S/c32-27(22-35(33)28(24-15-6-2-7-16-24)25-17-8-3-9-18-25)34-21-26-20-31(30-29-26)19-11-10-14-23-12-4-1-5-13-23/h1-9,12-13,15-18,20,28H,10-11,14,19,21-22H2. The molecule has 0 bridgehead atoms. The molecule has 0 saturated heterocycles. The molecule has 1 aromatic heterocycles. The van der Waals surface area contributed by atoms with Crippen molar-refractivity contribution in [3.63, 3.8) is 0 Å². The summed E-state index contributed by atoms with van der Waals surface area (Å²) in [6.07, 6.45) is 4.87. The highest BCUT2D eigenvalue weighted by Gasteiger charge is 2.24. The molecule has 0 aliphatic rings. The van der Waals surface area contributed by atoms with Crippen molar-refractivity contribution in [1.29, 1.82) is 0 Å². The Morgan fingerprint density at radius 2 is 1.46 bits per heavy atom. The maximum atomic E-state index is 13.2. The average molecular weight is 488 g/mol. The van der Waals surface area contributed by atoms with E-state index in [-0.39, 0.29) is 12.4 Å². The number of aromatic nitrogens is 3. The van der Waals surface area contributed by atoms with Gasteiger partial charge in [-0.1, -0.05) is 96.2 Å². The molecular weight excluding hydrogens is 458 g/mol. The lowest BCUT2D eigenvalue weighted by atomic mass is 10.0.